The number of nitrogens with zero attached hydrogens (tertiary/aromatic N) is 2. The van der Waals surface area contributed by atoms with E-state index in [0.717, 1.165) is 5.56 Å². The number of ketones is 1. The first-order valence-electron chi connectivity index (χ1n) is 10.6. The summed E-state index contributed by atoms with van der Waals surface area (Å²) in [5.74, 6) is -0.337. The smallest absolute Gasteiger partial charge is 0.214 e. The molecule has 2 atom stereocenters. The summed E-state index contributed by atoms with van der Waals surface area (Å²) in [6.45, 7) is 0. The average Bonchev–Trinajstić information content (AvgIpc) is 3.44. The zero-order valence-corrected chi connectivity index (χ0v) is 18.4. The Balaban J connectivity index is 1.74. The number of amides is 1. The van der Waals surface area contributed by atoms with Gasteiger partial charge in [-0.3, -0.25) is 9.59 Å². The molecule has 0 aliphatic rings. The molecule has 3 aromatic carbocycles. The highest BCUT2D eigenvalue weighted by Crippen LogP contribution is 2.34. The van der Waals surface area contributed by atoms with Crippen LogP contribution < -0.4 is 9.64 Å². The summed E-state index contributed by atoms with van der Waals surface area (Å²) in [4.78, 5) is 43.4. The second-order valence-corrected chi connectivity index (χ2v) is 7.54. The minimum absolute atomic E-state index is 0.352. The number of ether oxygens (including phenoxy) is 1. The van der Waals surface area contributed by atoms with Crippen LogP contribution in [0.1, 0.15) is 22.0 Å². The molecule has 0 radical (unpaired) electrons. The van der Waals surface area contributed by atoms with Crippen LogP contribution in [-0.2, 0) is 9.59 Å². The highest BCUT2D eigenvalue weighted by Gasteiger charge is 2.35. The molecule has 4 aromatic rings. The summed E-state index contributed by atoms with van der Waals surface area (Å²) in [6.07, 6.45) is 4.17. The van der Waals surface area contributed by atoms with Crippen molar-refractivity contribution in [3.05, 3.63) is 103 Å². The number of carbonyl (C=O) groups excluding carboxylic acids is 3. The van der Waals surface area contributed by atoms with Crippen LogP contribution >= 0.6 is 0 Å². The zero-order chi connectivity index (χ0) is 23.9. The molecule has 1 heterocycles. The molecule has 4 rings (SSSR count). The normalized spacial score (nSPS) is 12.4. The van der Waals surface area contributed by atoms with E-state index in [1.165, 1.54) is 18.4 Å². The highest BCUT2D eigenvalue weighted by atomic mass is 16.5. The molecule has 0 N–H and O–H groups in total. The Morgan fingerprint density at radius 3 is 2.24 bits per heavy atom. The number of benzene rings is 3. The van der Waals surface area contributed by atoms with E-state index in [2.05, 4.69) is 4.98 Å². The Morgan fingerprint density at radius 2 is 1.68 bits per heavy atom. The van der Waals surface area contributed by atoms with Crippen molar-refractivity contribution in [3.63, 3.8) is 0 Å². The number of aromatic nitrogens is 1. The second kappa shape index (κ2) is 10.4. The fraction of sp³-hybridized carbons (Fsp3) is 0.111. The summed E-state index contributed by atoms with van der Waals surface area (Å²) in [7, 11) is 1.53. The minimum Gasteiger partial charge on any atom is -0.497 e. The largest absolute Gasteiger partial charge is 0.497 e. The van der Waals surface area contributed by atoms with Crippen LogP contribution in [0.5, 0.6) is 5.75 Å². The molecular formula is C27H22N2O5. The Labute approximate surface area is 196 Å². The van der Waals surface area contributed by atoms with Gasteiger partial charge in [-0.2, -0.15) is 0 Å². The van der Waals surface area contributed by atoms with E-state index in [9.17, 15) is 14.4 Å². The Morgan fingerprint density at radius 1 is 0.971 bits per heavy atom. The van der Waals surface area contributed by atoms with E-state index in [1.807, 2.05) is 6.07 Å². The average molecular weight is 454 g/mol. The number of methoxy groups -OCH3 is 1. The van der Waals surface area contributed by atoms with Gasteiger partial charge < -0.3 is 18.8 Å². The van der Waals surface area contributed by atoms with Crippen LogP contribution in [0.2, 0.25) is 0 Å². The molecule has 0 saturated heterocycles. The van der Waals surface area contributed by atoms with Crippen LogP contribution in [0.3, 0.4) is 0 Å². The van der Waals surface area contributed by atoms with Gasteiger partial charge in [0.2, 0.25) is 6.41 Å². The van der Waals surface area contributed by atoms with Gasteiger partial charge in [-0.25, -0.2) is 4.98 Å². The van der Waals surface area contributed by atoms with Gasteiger partial charge in [-0.05, 0) is 54.1 Å². The summed E-state index contributed by atoms with van der Waals surface area (Å²) >= 11 is 0. The Hall–Kier alpha value is -4.52. The summed E-state index contributed by atoms with van der Waals surface area (Å²) in [6, 6.07) is 21.8. The lowest BCUT2D eigenvalue weighted by Gasteiger charge is -2.32. The van der Waals surface area contributed by atoms with Gasteiger partial charge in [0.15, 0.2) is 17.9 Å². The molecule has 0 aliphatic heterocycles. The van der Waals surface area contributed by atoms with Crippen molar-refractivity contribution >= 4 is 24.2 Å². The van der Waals surface area contributed by atoms with Gasteiger partial charge in [-0.1, -0.05) is 30.3 Å². The third-order valence-electron chi connectivity index (χ3n) is 5.60. The van der Waals surface area contributed by atoms with Gasteiger partial charge in [0.05, 0.1) is 19.3 Å². The monoisotopic (exact) mass is 454 g/mol. The number of hydrogen-bond donors (Lipinski definition) is 0. The van der Waals surface area contributed by atoms with Crippen molar-refractivity contribution in [1.29, 1.82) is 0 Å². The quantitative estimate of drug-likeness (QED) is 0.195. The van der Waals surface area contributed by atoms with E-state index in [-0.39, 0.29) is 0 Å². The molecule has 0 saturated carbocycles. The third kappa shape index (κ3) is 4.63. The summed E-state index contributed by atoms with van der Waals surface area (Å²) in [5, 5.41) is 0. The zero-order valence-electron chi connectivity index (χ0n) is 18.4. The van der Waals surface area contributed by atoms with Gasteiger partial charge in [0, 0.05) is 16.8 Å². The van der Waals surface area contributed by atoms with Crippen molar-refractivity contribution in [2.45, 2.75) is 6.04 Å². The fourth-order valence-corrected chi connectivity index (χ4v) is 3.86. The molecule has 1 aromatic heterocycles. The van der Waals surface area contributed by atoms with E-state index in [0.29, 0.717) is 41.0 Å². The van der Waals surface area contributed by atoms with Gasteiger partial charge in [0.1, 0.15) is 18.0 Å². The van der Waals surface area contributed by atoms with E-state index in [4.69, 9.17) is 9.15 Å². The SMILES string of the molecule is COc1ccc(C(=O)C(C=O)C(c2ccccc2)N(C=O)c2ccc(-c3cnco3)cc2)cc1. The molecule has 1 amide bonds. The topological polar surface area (TPSA) is 89.7 Å². The van der Waals surface area contributed by atoms with Gasteiger partial charge in [0.25, 0.3) is 0 Å². The lowest BCUT2D eigenvalue weighted by atomic mass is 9.86. The van der Waals surface area contributed by atoms with Gasteiger partial charge in [-0.15, -0.1) is 0 Å². The van der Waals surface area contributed by atoms with E-state index < -0.39 is 17.7 Å². The number of anilines is 1. The van der Waals surface area contributed by atoms with Crippen molar-refractivity contribution in [2.75, 3.05) is 12.0 Å². The molecule has 7 nitrogen and oxygen atoms in total. The maximum atomic E-state index is 13.4. The first kappa shape index (κ1) is 22.7. The van der Waals surface area contributed by atoms with Crippen LogP contribution in [0.15, 0.2) is 95.9 Å². The molecule has 0 aliphatic carbocycles. The molecule has 7 heteroatoms. The molecule has 2 unspecified atom stereocenters. The fourth-order valence-electron chi connectivity index (χ4n) is 3.86. The number of aldehydes is 1. The van der Waals surface area contributed by atoms with Crippen molar-refractivity contribution < 1.29 is 23.5 Å². The summed E-state index contributed by atoms with van der Waals surface area (Å²) < 4.78 is 10.5. The number of Topliss-reactive ketones (excluding diaryl/α,β-unsaturated/α-hetero) is 1. The second-order valence-electron chi connectivity index (χ2n) is 7.54. The van der Waals surface area contributed by atoms with Crippen LogP contribution in [0.4, 0.5) is 5.69 Å². The molecule has 170 valence electrons. The Kier molecular flexibility index (Phi) is 6.93. The molecule has 0 fully saturated rings. The van der Waals surface area contributed by atoms with Crippen LogP contribution in [-0.4, -0.2) is 30.6 Å². The maximum absolute atomic E-state index is 13.4. The number of oxazole rings is 1. The Bertz CT molecular complexity index is 1240. The summed E-state index contributed by atoms with van der Waals surface area (Å²) in [5.41, 5.74) is 2.32. The lowest BCUT2D eigenvalue weighted by Crippen LogP contribution is -2.37. The predicted octanol–water partition coefficient (Wildman–Crippen LogP) is 4.75. The molecule has 0 spiro atoms. The number of carbonyl (C=O) groups is 3. The molecular weight excluding hydrogens is 432 g/mol. The standard InChI is InChI=1S/C27H22N2O5/c1-33-23-13-9-21(10-14-23)27(32)24(16-30)26(20-5-3-2-4-6-20)29(18-31)22-11-7-19(8-12-22)25-15-28-17-34-25/h2-18,24,26H,1H3. The number of hydrogen-bond acceptors (Lipinski definition) is 6. The minimum atomic E-state index is -1.13. The highest BCUT2D eigenvalue weighted by molar-refractivity contribution is 6.06. The predicted molar refractivity (Wildman–Crippen MR) is 127 cm³/mol. The first-order chi connectivity index (χ1) is 16.7. The number of rotatable bonds is 10. The van der Waals surface area contributed by atoms with Crippen molar-refractivity contribution in [2.24, 2.45) is 5.92 Å². The molecule has 0 bridgehead atoms. The van der Waals surface area contributed by atoms with Gasteiger partial charge >= 0.3 is 0 Å². The lowest BCUT2D eigenvalue weighted by molar-refractivity contribution is -0.111. The maximum Gasteiger partial charge on any atom is 0.214 e. The first-order valence-corrected chi connectivity index (χ1v) is 10.6. The van der Waals surface area contributed by atoms with Crippen molar-refractivity contribution in [3.8, 4) is 17.1 Å². The third-order valence-corrected chi connectivity index (χ3v) is 5.60. The van der Waals surface area contributed by atoms with E-state index >= 15 is 0 Å². The molecule has 34 heavy (non-hydrogen) atoms. The van der Waals surface area contributed by atoms with Crippen LogP contribution in [0, 0.1) is 5.92 Å². The van der Waals surface area contributed by atoms with E-state index in [1.54, 1.807) is 79.0 Å². The van der Waals surface area contributed by atoms with Crippen LogP contribution in [0.25, 0.3) is 11.3 Å². The van der Waals surface area contributed by atoms with Crippen molar-refractivity contribution in [1.82, 2.24) is 4.98 Å².